The zero-order chi connectivity index (χ0) is 25.9. The lowest BCUT2D eigenvalue weighted by molar-refractivity contribution is -1.42. The number of aliphatic carboxylic acids is 3. The number of nitrogens with zero attached hydrogens (tertiary/aromatic N) is 4. The Morgan fingerprint density at radius 2 is 0.971 bits per heavy atom. The molecule has 1 spiro atoms. The molecular formula is C24H42N4O7+4. The fraction of sp³-hybridized carbons (Fsp3) is 0.833. The molecule has 4 saturated heterocycles. The molecule has 11 nitrogen and oxygen atoms in total. The fourth-order valence-corrected chi connectivity index (χ4v) is 9.10. The van der Waals surface area contributed by atoms with Crippen molar-refractivity contribution in [2.24, 2.45) is 5.41 Å². The smallest absolute Gasteiger partial charge is 0.477 e. The van der Waals surface area contributed by atoms with Crippen LogP contribution in [0.3, 0.4) is 0 Å². The minimum Gasteiger partial charge on any atom is -0.477 e. The van der Waals surface area contributed by atoms with E-state index in [2.05, 4.69) is 0 Å². The van der Waals surface area contributed by atoms with Crippen molar-refractivity contribution in [3.05, 3.63) is 0 Å². The third kappa shape index (κ3) is 3.46. The summed E-state index contributed by atoms with van der Waals surface area (Å²) in [7, 11) is 0. The van der Waals surface area contributed by atoms with Crippen LogP contribution < -0.4 is 0 Å². The van der Waals surface area contributed by atoms with Crippen LogP contribution in [0.5, 0.6) is 0 Å². The Hall–Kier alpha value is -2.08. The molecule has 196 valence electrons. The maximum absolute atomic E-state index is 13.1. The lowest BCUT2D eigenvalue weighted by Gasteiger charge is -2.63. The lowest BCUT2D eigenvalue weighted by atomic mass is 9.88. The van der Waals surface area contributed by atoms with E-state index >= 15 is 0 Å². The van der Waals surface area contributed by atoms with Crippen molar-refractivity contribution in [3.63, 3.8) is 0 Å². The van der Waals surface area contributed by atoms with Crippen LogP contribution in [0.1, 0.15) is 40.0 Å². The number of carboxylic acids is 3. The molecule has 0 bridgehead atoms. The molecule has 3 N–H and O–H groups in total. The largest absolute Gasteiger partial charge is 0.482 e. The van der Waals surface area contributed by atoms with E-state index < -0.39 is 29.2 Å². The van der Waals surface area contributed by atoms with E-state index in [0.717, 1.165) is 13.0 Å². The second-order valence-electron chi connectivity index (χ2n) is 12.5. The minimum atomic E-state index is -0.941. The average Bonchev–Trinajstić information content (AvgIpc) is 3.18. The summed E-state index contributed by atoms with van der Waals surface area (Å²) < 4.78 is 1.09. The van der Waals surface area contributed by atoms with Crippen molar-refractivity contribution >= 4 is 23.7 Å². The number of quaternary nitrogens is 4. The van der Waals surface area contributed by atoms with E-state index in [1.807, 2.05) is 20.8 Å². The van der Waals surface area contributed by atoms with Gasteiger partial charge in [0.25, 0.3) is 0 Å². The summed E-state index contributed by atoms with van der Waals surface area (Å²) in [6.07, 6.45) is 1.80. The highest BCUT2D eigenvalue weighted by atomic mass is 16.4. The monoisotopic (exact) mass is 498 g/mol. The van der Waals surface area contributed by atoms with Gasteiger partial charge < -0.3 is 15.3 Å². The zero-order valence-electron chi connectivity index (χ0n) is 21.4. The van der Waals surface area contributed by atoms with Gasteiger partial charge in [-0.2, -0.15) is 17.9 Å². The molecular weight excluding hydrogens is 456 g/mol. The van der Waals surface area contributed by atoms with E-state index in [4.69, 9.17) is 0 Å². The summed E-state index contributed by atoms with van der Waals surface area (Å²) in [5, 5.41) is 30.3. The molecule has 0 aromatic rings. The first kappa shape index (κ1) is 26.0. The quantitative estimate of drug-likeness (QED) is 0.381. The number of carboxylic acid groups (broad SMARTS) is 3. The zero-order valence-corrected chi connectivity index (χ0v) is 21.4. The molecule has 4 aliphatic heterocycles. The molecule has 0 amide bonds. The van der Waals surface area contributed by atoms with Crippen molar-refractivity contribution in [2.75, 3.05) is 78.5 Å². The highest BCUT2D eigenvalue weighted by Crippen LogP contribution is 2.60. The molecule has 0 aromatic heterocycles. The molecule has 5 atom stereocenters. The first-order chi connectivity index (χ1) is 16.2. The summed E-state index contributed by atoms with van der Waals surface area (Å²) in [6, 6.07) is 0. The van der Waals surface area contributed by atoms with Gasteiger partial charge in [-0.1, -0.05) is 20.8 Å². The number of rotatable bonds is 9. The van der Waals surface area contributed by atoms with Crippen LogP contribution in [0.4, 0.5) is 0 Å². The van der Waals surface area contributed by atoms with Crippen LogP contribution in [0.25, 0.3) is 0 Å². The van der Waals surface area contributed by atoms with Crippen LogP contribution in [0.15, 0.2) is 0 Å². The number of ketones is 1. The highest BCUT2D eigenvalue weighted by molar-refractivity contribution is 5.83. The summed E-state index contributed by atoms with van der Waals surface area (Å²) in [6.45, 7) is 10.5. The molecule has 0 saturated carbocycles. The molecule has 4 aliphatic rings. The summed E-state index contributed by atoms with van der Waals surface area (Å²) in [5.74, 6) is -3.63. The predicted octanol–water partition coefficient (Wildman–Crippen LogP) is -0.0414. The van der Waals surface area contributed by atoms with Gasteiger partial charge in [0.15, 0.2) is 19.6 Å². The second-order valence-corrected chi connectivity index (χ2v) is 12.5. The molecule has 4 heterocycles. The number of Topliss-reactive ketones (excluding diaryl/α,β-unsaturated/α-hetero) is 1. The normalized spacial score (nSPS) is 40.1. The fourth-order valence-electron chi connectivity index (χ4n) is 9.10. The van der Waals surface area contributed by atoms with Gasteiger partial charge in [-0.15, -0.1) is 0 Å². The van der Waals surface area contributed by atoms with Gasteiger partial charge in [-0.05, 0) is 0 Å². The van der Waals surface area contributed by atoms with Crippen molar-refractivity contribution in [1.29, 1.82) is 0 Å². The van der Waals surface area contributed by atoms with Gasteiger partial charge in [0.1, 0.15) is 64.7 Å². The Morgan fingerprint density at radius 3 is 1.31 bits per heavy atom. The molecule has 0 radical (unpaired) electrons. The molecule has 35 heavy (non-hydrogen) atoms. The highest BCUT2D eigenvalue weighted by Gasteiger charge is 2.95. The van der Waals surface area contributed by atoms with E-state index in [-0.39, 0.29) is 38.9 Å². The molecule has 11 heteroatoms. The van der Waals surface area contributed by atoms with Gasteiger partial charge >= 0.3 is 23.8 Å². The number of hydrogen-bond acceptors (Lipinski definition) is 4. The Kier molecular flexibility index (Phi) is 6.11. The minimum absolute atomic E-state index is 0.122. The van der Waals surface area contributed by atoms with Gasteiger partial charge in [0.05, 0.1) is 6.42 Å². The molecule has 0 aromatic carbocycles. The maximum Gasteiger partial charge on any atom is 0.482 e. The summed E-state index contributed by atoms with van der Waals surface area (Å²) in [5.41, 5.74) is -0.513. The van der Waals surface area contributed by atoms with Gasteiger partial charge in [0, 0.05) is 18.3 Å². The molecule has 0 aliphatic carbocycles. The van der Waals surface area contributed by atoms with Crippen LogP contribution in [0, 0.1) is 5.41 Å². The van der Waals surface area contributed by atoms with Crippen molar-refractivity contribution < 1.29 is 52.4 Å². The van der Waals surface area contributed by atoms with E-state index in [1.54, 1.807) is 0 Å². The van der Waals surface area contributed by atoms with Crippen molar-refractivity contribution in [3.8, 4) is 0 Å². The third-order valence-corrected chi connectivity index (χ3v) is 9.72. The Bertz CT molecular complexity index is 884. The van der Waals surface area contributed by atoms with Crippen molar-refractivity contribution in [1.82, 2.24) is 0 Å². The molecule has 2 unspecified atom stereocenters. The standard InChI is InChI=1S/C24H39N4O7/c1-23(2,3)19(29)6-11-25-7-4-8-27(17-21(32)33)14-15-28(18-22(34)35)10-5-9-26(13-12-25,16-20(30)31)24(25,27)28/h4-18H2,1-3H3/q+1/p+3/t24-,25-,26?,27-,28?/m1/s1. The molecule has 4 fully saturated rings. The number of carbonyl (C=O) groups is 4. The summed E-state index contributed by atoms with van der Waals surface area (Å²) >= 11 is 0. The van der Waals surface area contributed by atoms with Gasteiger partial charge in [-0.25, -0.2) is 14.4 Å². The Balaban J connectivity index is 1.98. The maximum atomic E-state index is 13.1. The van der Waals surface area contributed by atoms with E-state index in [9.17, 15) is 34.5 Å². The van der Waals surface area contributed by atoms with Crippen LogP contribution in [-0.4, -0.2) is 141 Å². The second kappa shape index (κ2) is 8.22. The SMILES string of the molecule is CC(C)(C)C(=O)CC[N@+]12CCC[N@+]3(CC(=O)O)CC[N+]4(CC(=O)O)CCC[N+](CC(=O)O)(CC1)[C@]423. The first-order valence-electron chi connectivity index (χ1n) is 12.8. The third-order valence-electron chi connectivity index (χ3n) is 9.72. The molecule has 4 rings (SSSR count). The van der Waals surface area contributed by atoms with Crippen LogP contribution in [0.2, 0.25) is 0 Å². The van der Waals surface area contributed by atoms with E-state index in [1.165, 1.54) is 0 Å². The predicted molar refractivity (Wildman–Crippen MR) is 123 cm³/mol. The van der Waals surface area contributed by atoms with Crippen LogP contribution in [-0.2, 0) is 19.2 Å². The first-order valence-corrected chi connectivity index (χ1v) is 12.8. The van der Waals surface area contributed by atoms with Crippen molar-refractivity contribution in [2.45, 2.75) is 45.9 Å². The Labute approximate surface area is 206 Å². The Morgan fingerprint density at radius 1 is 0.629 bits per heavy atom. The topological polar surface area (TPSA) is 129 Å². The number of hydrogen-bond donors (Lipinski definition) is 3. The van der Waals surface area contributed by atoms with Gasteiger partial charge in [-0.3, -0.25) is 4.79 Å². The number of carbonyl (C=O) groups excluding carboxylic acids is 1. The average molecular weight is 499 g/mol. The van der Waals surface area contributed by atoms with Gasteiger partial charge in [0.2, 0.25) is 0 Å². The summed E-state index contributed by atoms with van der Waals surface area (Å²) in [4.78, 5) is 50.1. The van der Waals surface area contributed by atoms with E-state index in [0.29, 0.717) is 69.7 Å². The van der Waals surface area contributed by atoms with Crippen LogP contribution >= 0.6 is 0 Å². The lowest BCUT2D eigenvalue weighted by Crippen LogP contribution is -2.96.